The first-order valence-corrected chi connectivity index (χ1v) is 6.29. The minimum atomic E-state index is -0.431. The minimum Gasteiger partial charge on any atom is -0.349 e. The second-order valence-corrected chi connectivity index (χ2v) is 5.76. The highest BCUT2D eigenvalue weighted by molar-refractivity contribution is 7.11. The van der Waals surface area contributed by atoms with Crippen LogP contribution >= 0.6 is 11.3 Å². The SMILES string of the molecule is Cc1ncc(CNC2COC(C)(C)OC2)s1. The molecule has 2 heterocycles. The Morgan fingerprint density at radius 2 is 2.19 bits per heavy atom. The highest BCUT2D eigenvalue weighted by Crippen LogP contribution is 2.17. The normalized spacial score (nSPS) is 21.2. The molecule has 0 bridgehead atoms. The first-order valence-electron chi connectivity index (χ1n) is 5.48. The summed E-state index contributed by atoms with van der Waals surface area (Å²) in [6, 6.07) is 0.274. The number of rotatable bonds is 3. The van der Waals surface area contributed by atoms with Crippen molar-refractivity contribution in [2.45, 2.75) is 39.1 Å². The summed E-state index contributed by atoms with van der Waals surface area (Å²) >= 11 is 1.72. The van der Waals surface area contributed by atoms with Gasteiger partial charge in [-0.15, -0.1) is 11.3 Å². The van der Waals surface area contributed by atoms with Crippen LogP contribution in [0.25, 0.3) is 0 Å². The molecule has 1 aliphatic rings. The van der Waals surface area contributed by atoms with Crippen LogP contribution < -0.4 is 5.32 Å². The van der Waals surface area contributed by atoms with Crippen LogP contribution in [0.4, 0.5) is 0 Å². The lowest BCUT2D eigenvalue weighted by Gasteiger charge is -2.35. The lowest BCUT2D eigenvalue weighted by atomic mass is 10.2. The average Bonchev–Trinajstić information content (AvgIpc) is 2.63. The van der Waals surface area contributed by atoms with Crippen LogP contribution in [0.2, 0.25) is 0 Å². The van der Waals surface area contributed by atoms with Gasteiger partial charge in [-0.3, -0.25) is 0 Å². The zero-order valence-electron chi connectivity index (χ0n) is 9.95. The van der Waals surface area contributed by atoms with Crippen molar-refractivity contribution in [3.05, 3.63) is 16.1 Å². The van der Waals surface area contributed by atoms with Crippen molar-refractivity contribution in [1.82, 2.24) is 10.3 Å². The van der Waals surface area contributed by atoms with E-state index in [2.05, 4.69) is 10.3 Å². The van der Waals surface area contributed by atoms with E-state index in [0.29, 0.717) is 13.2 Å². The fourth-order valence-corrected chi connectivity index (χ4v) is 2.29. The third-order valence-electron chi connectivity index (χ3n) is 2.50. The van der Waals surface area contributed by atoms with Crippen molar-refractivity contribution >= 4 is 11.3 Å². The Labute approximate surface area is 100.0 Å². The molecule has 0 spiro atoms. The van der Waals surface area contributed by atoms with E-state index in [1.165, 1.54) is 4.88 Å². The van der Waals surface area contributed by atoms with Crippen molar-refractivity contribution in [2.75, 3.05) is 13.2 Å². The molecule has 1 fully saturated rings. The largest absolute Gasteiger partial charge is 0.349 e. The van der Waals surface area contributed by atoms with Crippen LogP contribution in [0.15, 0.2) is 6.20 Å². The van der Waals surface area contributed by atoms with Gasteiger partial charge in [0.2, 0.25) is 0 Å². The van der Waals surface area contributed by atoms with Gasteiger partial charge >= 0.3 is 0 Å². The first-order chi connectivity index (χ1) is 7.55. The van der Waals surface area contributed by atoms with Gasteiger partial charge in [-0.1, -0.05) is 0 Å². The average molecular weight is 242 g/mol. The Bertz CT molecular complexity index is 342. The number of hydrogen-bond acceptors (Lipinski definition) is 5. The molecule has 0 amide bonds. The van der Waals surface area contributed by atoms with Gasteiger partial charge in [0.05, 0.1) is 24.3 Å². The number of aromatic nitrogens is 1. The molecule has 16 heavy (non-hydrogen) atoms. The van der Waals surface area contributed by atoms with Gasteiger partial charge in [-0.25, -0.2) is 4.98 Å². The summed E-state index contributed by atoms with van der Waals surface area (Å²) in [7, 11) is 0. The van der Waals surface area contributed by atoms with Crippen LogP contribution in [0.3, 0.4) is 0 Å². The van der Waals surface area contributed by atoms with Crippen LogP contribution in [0.5, 0.6) is 0 Å². The number of thiazole rings is 1. The van der Waals surface area contributed by atoms with Gasteiger partial charge in [0.15, 0.2) is 5.79 Å². The third-order valence-corrected chi connectivity index (χ3v) is 3.41. The lowest BCUT2D eigenvalue weighted by molar-refractivity contribution is -0.253. The molecule has 5 heteroatoms. The van der Waals surface area contributed by atoms with Gasteiger partial charge < -0.3 is 14.8 Å². The number of hydrogen-bond donors (Lipinski definition) is 1. The standard InChI is InChI=1S/C11H18N2O2S/c1-8-12-4-10(16-8)5-13-9-6-14-11(2,3)15-7-9/h4,9,13H,5-7H2,1-3H3. The van der Waals surface area contributed by atoms with Crippen molar-refractivity contribution in [3.63, 3.8) is 0 Å². The second kappa shape index (κ2) is 4.79. The molecule has 1 aromatic heterocycles. The highest BCUT2D eigenvalue weighted by atomic mass is 32.1. The predicted molar refractivity (Wildman–Crippen MR) is 63.5 cm³/mol. The Hall–Kier alpha value is -0.490. The fourth-order valence-electron chi connectivity index (χ4n) is 1.54. The highest BCUT2D eigenvalue weighted by Gasteiger charge is 2.27. The number of ether oxygens (including phenoxy) is 2. The summed E-state index contributed by atoms with van der Waals surface area (Å²) in [5, 5.41) is 4.52. The maximum atomic E-state index is 5.57. The molecule has 1 N–H and O–H groups in total. The Kier molecular flexibility index (Phi) is 3.59. The van der Waals surface area contributed by atoms with E-state index >= 15 is 0 Å². The summed E-state index contributed by atoms with van der Waals surface area (Å²) < 4.78 is 11.1. The number of aryl methyl sites for hydroxylation is 1. The first kappa shape index (κ1) is 12.0. The van der Waals surface area contributed by atoms with Gasteiger partial charge in [0, 0.05) is 17.6 Å². The van der Waals surface area contributed by atoms with Crippen LogP contribution in [0, 0.1) is 6.92 Å². The summed E-state index contributed by atoms with van der Waals surface area (Å²) in [4.78, 5) is 5.47. The van der Waals surface area contributed by atoms with Crippen molar-refractivity contribution in [1.29, 1.82) is 0 Å². The number of nitrogens with one attached hydrogen (secondary N) is 1. The molecule has 2 rings (SSSR count). The summed E-state index contributed by atoms with van der Waals surface area (Å²) in [5.74, 6) is -0.431. The van der Waals surface area contributed by atoms with Gasteiger partial charge in [-0.05, 0) is 20.8 Å². The maximum absolute atomic E-state index is 5.57. The fraction of sp³-hybridized carbons (Fsp3) is 0.727. The Morgan fingerprint density at radius 1 is 1.50 bits per heavy atom. The van der Waals surface area contributed by atoms with Gasteiger partial charge in [0.1, 0.15) is 0 Å². The lowest BCUT2D eigenvalue weighted by Crippen LogP contribution is -2.48. The van der Waals surface area contributed by atoms with Crippen LogP contribution in [-0.2, 0) is 16.0 Å². The molecular weight excluding hydrogens is 224 g/mol. The van der Waals surface area contributed by atoms with E-state index in [0.717, 1.165) is 11.6 Å². The molecule has 4 nitrogen and oxygen atoms in total. The predicted octanol–water partition coefficient (Wildman–Crippen LogP) is 1.69. The monoisotopic (exact) mass is 242 g/mol. The zero-order chi connectivity index (χ0) is 11.6. The summed E-state index contributed by atoms with van der Waals surface area (Å²) in [6.45, 7) is 8.13. The molecule has 90 valence electrons. The van der Waals surface area contributed by atoms with Crippen molar-refractivity contribution in [3.8, 4) is 0 Å². The molecule has 1 aromatic rings. The smallest absolute Gasteiger partial charge is 0.162 e. The van der Waals surface area contributed by atoms with Crippen molar-refractivity contribution in [2.24, 2.45) is 0 Å². The quantitative estimate of drug-likeness (QED) is 0.876. The molecule has 0 aromatic carbocycles. The molecule has 0 atom stereocenters. The van der Waals surface area contributed by atoms with E-state index in [-0.39, 0.29) is 6.04 Å². The van der Waals surface area contributed by atoms with E-state index in [4.69, 9.17) is 9.47 Å². The van der Waals surface area contributed by atoms with Crippen molar-refractivity contribution < 1.29 is 9.47 Å². The third kappa shape index (κ3) is 3.25. The number of nitrogens with zero attached hydrogens (tertiary/aromatic N) is 1. The Balaban J connectivity index is 1.75. The maximum Gasteiger partial charge on any atom is 0.162 e. The summed E-state index contributed by atoms with van der Waals surface area (Å²) in [6.07, 6.45) is 1.92. The molecule has 1 aliphatic heterocycles. The van der Waals surface area contributed by atoms with E-state index in [9.17, 15) is 0 Å². The molecule has 0 unspecified atom stereocenters. The molecular formula is C11H18N2O2S. The topological polar surface area (TPSA) is 43.4 Å². The van der Waals surface area contributed by atoms with E-state index in [1.807, 2.05) is 27.0 Å². The molecule has 0 radical (unpaired) electrons. The van der Waals surface area contributed by atoms with Crippen LogP contribution in [-0.4, -0.2) is 30.0 Å². The Morgan fingerprint density at radius 3 is 2.75 bits per heavy atom. The molecule has 0 aliphatic carbocycles. The van der Waals surface area contributed by atoms with Gasteiger partial charge in [0.25, 0.3) is 0 Å². The summed E-state index contributed by atoms with van der Waals surface area (Å²) in [5.41, 5.74) is 0. The van der Waals surface area contributed by atoms with Gasteiger partial charge in [-0.2, -0.15) is 0 Å². The molecule has 1 saturated heterocycles. The van der Waals surface area contributed by atoms with E-state index in [1.54, 1.807) is 11.3 Å². The van der Waals surface area contributed by atoms with E-state index < -0.39 is 5.79 Å². The van der Waals surface area contributed by atoms with Crippen LogP contribution in [0.1, 0.15) is 23.7 Å². The second-order valence-electron chi connectivity index (χ2n) is 4.45. The zero-order valence-corrected chi connectivity index (χ0v) is 10.8. The molecule has 0 saturated carbocycles. The minimum absolute atomic E-state index is 0.274.